The number of hydrogen-bond donors (Lipinski definition) is 2. The Labute approximate surface area is 157 Å². The van der Waals surface area contributed by atoms with E-state index in [0.29, 0.717) is 0 Å². The van der Waals surface area contributed by atoms with Crippen molar-refractivity contribution in [2.24, 2.45) is 5.10 Å². The van der Waals surface area contributed by atoms with Gasteiger partial charge in [0.05, 0.1) is 27.0 Å². The van der Waals surface area contributed by atoms with Crippen molar-refractivity contribution in [3.05, 3.63) is 65.7 Å². The number of carbonyl (C=O) groups excluding carboxylic acids is 2. The summed E-state index contributed by atoms with van der Waals surface area (Å²) in [4.78, 5) is 23.4. The Morgan fingerprint density at radius 1 is 0.926 bits per heavy atom. The van der Waals surface area contributed by atoms with Crippen LogP contribution in [-0.4, -0.2) is 38.8 Å². The van der Waals surface area contributed by atoms with Crippen LogP contribution in [0, 0.1) is 0 Å². The van der Waals surface area contributed by atoms with Gasteiger partial charge in [-0.3, -0.25) is 9.59 Å². The van der Waals surface area contributed by atoms with Gasteiger partial charge >= 0.3 is 0 Å². The fraction of sp³-hybridized carbons (Fsp3) is 0.150. The second-order valence-corrected chi connectivity index (χ2v) is 5.39. The Bertz CT molecular complexity index is 812. The first-order valence-electron chi connectivity index (χ1n) is 8.16. The van der Waals surface area contributed by atoms with Gasteiger partial charge in [0, 0.05) is 6.08 Å². The number of nitrogens with zero attached hydrogens (tertiary/aromatic N) is 1. The lowest BCUT2D eigenvalue weighted by Crippen LogP contribution is -2.34. The molecule has 0 atom stereocenters. The summed E-state index contributed by atoms with van der Waals surface area (Å²) in [7, 11) is 3.17. The van der Waals surface area contributed by atoms with Crippen molar-refractivity contribution in [3.8, 4) is 11.5 Å². The minimum absolute atomic E-state index is 0.175. The van der Waals surface area contributed by atoms with Crippen LogP contribution in [0.2, 0.25) is 0 Å². The first-order chi connectivity index (χ1) is 13.1. The molecule has 0 aliphatic heterocycles. The molecule has 2 rings (SSSR count). The maximum Gasteiger partial charge on any atom is 0.259 e. The molecule has 0 saturated carbocycles. The van der Waals surface area contributed by atoms with Crippen LogP contribution in [0.15, 0.2) is 59.7 Å². The topological polar surface area (TPSA) is 89.0 Å². The molecule has 2 aromatic carbocycles. The average molecular weight is 367 g/mol. The molecule has 2 amide bonds. The molecule has 0 aliphatic rings. The van der Waals surface area contributed by atoms with Gasteiger partial charge in [0.1, 0.15) is 11.5 Å². The van der Waals surface area contributed by atoms with E-state index < -0.39 is 5.91 Å². The summed E-state index contributed by atoms with van der Waals surface area (Å²) in [5.41, 5.74) is 4.00. The fourth-order valence-electron chi connectivity index (χ4n) is 2.02. The van der Waals surface area contributed by atoms with Gasteiger partial charge in [-0.2, -0.15) is 5.10 Å². The first kappa shape index (κ1) is 19.7. The molecule has 2 N–H and O–H groups in total. The quantitative estimate of drug-likeness (QED) is 0.424. The summed E-state index contributed by atoms with van der Waals surface area (Å²) in [5, 5.41) is 6.32. The largest absolute Gasteiger partial charge is 0.497 e. The number of nitrogens with one attached hydrogen (secondary N) is 2. The average Bonchev–Trinajstić information content (AvgIpc) is 2.71. The Morgan fingerprint density at radius 3 is 2.04 bits per heavy atom. The number of ether oxygens (including phenoxy) is 2. The van der Waals surface area contributed by atoms with Crippen LogP contribution in [0.25, 0.3) is 6.08 Å². The minimum Gasteiger partial charge on any atom is -0.497 e. The van der Waals surface area contributed by atoms with Crippen molar-refractivity contribution in [2.75, 3.05) is 20.8 Å². The normalized spacial score (nSPS) is 10.7. The van der Waals surface area contributed by atoms with Gasteiger partial charge in [-0.05, 0) is 53.6 Å². The predicted octanol–water partition coefficient (Wildman–Crippen LogP) is 1.98. The van der Waals surface area contributed by atoms with E-state index in [2.05, 4.69) is 15.8 Å². The van der Waals surface area contributed by atoms with Crippen molar-refractivity contribution in [2.45, 2.75) is 0 Å². The van der Waals surface area contributed by atoms with Crippen LogP contribution in [0.1, 0.15) is 11.1 Å². The van der Waals surface area contributed by atoms with Crippen LogP contribution >= 0.6 is 0 Å². The molecular weight excluding hydrogens is 346 g/mol. The highest BCUT2D eigenvalue weighted by Gasteiger charge is 2.01. The van der Waals surface area contributed by atoms with Crippen molar-refractivity contribution >= 4 is 24.1 Å². The molecule has 140 valence electrons. The maximum absolute atomic E-state index is 11.7. The molecule has 0 aromatic heterocycles. The van der Waals surface area contributed by atoms with E-state index in [9.17, 15) is 9.59 Å². The molecule has 2 aromatic rings. The molecule has 0 heterocycles. The zero-order valence-corrected chi connectivity index (χ0v) is 15.1. The minimum atomic E-state index is -0.425. The highest BCUT2D eigenvalue weighted by Crippen LogP contribution is 2.12. The lowest BCUT2D eigenvalue weighted by atomic mass is 10.2. The summed E-state index contributed by atoms with van der Waals surface area (Å²) >= 11 is 0. The number of benzene rings is 2. The van der Waals surface area contributed by atoms with Gasteiger partial charge in [0.15, 0.2) is 0 Å². The molecule has 27 heavy (non-hydrogen) atoms. The first-order valence-corrected chi connectivity index (χ1v) is 8.16. The summed E-state index contributed by atoms with van der Waals surface area (Å²) in [5.74, 6) is 0.677. The summed E-state index contributed by atoms with van der Waals surface area (Å²) in [6, 6.07) is 14.4. The predicted molar refractivity (Wildman–Crippen MR) is 104 cm³/mol. The van der Waals surface area contributed by atoms with Crippen molar-refractivity contribution in [1.29, 1.82) is 0 Å². The second kappa shape index (κ2) is 10.4. The Hall–Kier alpha value is -3.61. The van der Waals surface area contributed by atoms with Crippen molar-refractivity contribution < 1.29 is 19.1 Å². The number of carbonyl (C=O) groups is 2. The van der Waals surface area contributed by atoms with Crippen LogP contribution in [-0.2, 0) is 9.59 Å². The lowest BCUT2D eigenvalue weighted by Gasteiger charge is -2.02. The van der Waals surface area contributed by atoms with Crippen LogP contribution in [0.4, 0.5) is 0 Å². The van der Waals surface area contributed by atoms with Crippen molar-refractivity contribution in [1.82, 2.24) is 10.7 Å². The van der Waals surface area contributed by atoms with Gasteiger partial charge in [-0.25, -0.2) is 5.43 Å². The summed E-state index contributed by atoms with van der Waals surface area (Å²) < 4.78 is 10.1. The highest BCUT2D eigenvalue weighted by atomic mass is 16.5. The molecular formula is C20H21N3O4. The summed E-state index contributed by atoms with van der Waals surface area (Å²) in [6.07, 6.45) is 4.51. The molecule has 7 heteroatoms. The molecule has 0 bridgehead atoms. The molecule has 0 unspecified atom stereocenters. The lowest BCUT2D eigenvalue weighted by molar-refractivity contribution is -0.123. The van der Waals surface area contributed by atoms with E-state index in [1.54, 1.807) is 56.7 Å². The number of hydrazone groups is 1. The number of amides is 2. The SMILES string of the molecule is COc1ccc(C=CC(=O)NCC(=O)NN=Cc2ccc(OC)cc2)cc1. The van der Waals surface area contributed by atoms with E-state index in [0.717, 1.165) is 22.6 Å². The summed E-state index contributed by atoms with van der Waals surface area (Å²) in [6.45, 7) is -0.175. The third-order valence-electron chi connectivity index (χ3n) is 3.48. The van der Waals surface area contributed by atoms with E-state index in [4.69, 9.17) is 9.47 Å². The molecule has 7 nitrogen and oxygen atoms in total. The van der Waals surface area contributed by atoms with Crippen LogP contribution in [0.3, 0.4) is 0 Å². The zero-order chi connectivity index (χ0) is 19.5. The van der Waals surface area contributed by atoms with E-state index >= 15 is 0 Å². The highest BCUT2D eigenvalue weighted by molar-refractivity contribution is 5.94. The van der Waals surface area contributed by atoms with Gasteiger partial charge in [-0.1, -0.05) is 12.1 Å². The van der Waals surface area contributed by atoms with Crippen LogP contribution in [0.5, 0.6) is 11.5 Å². The second-order valence-electron chi connectivity index (χ2n) is 5.39. The van der Waals surface area contributed by atoms with Gasteiger partial charge in [0.2, 0.25) is 5.91 Å². The van der Waals surface area contributed by atoms with Crippen molar-refractivity contribution in [3.63, 3.8) is 0 Å². The van der Waals surface area contributed by atoms with Gasteiger partial charge in [0.25, 0.3) is 5.91 Å². The molecule has 0 saturated heterocycles. The Balaban J connectivity index is 1.72. The number of hydrogen-bond acceptors (Lipinski definition) is 5. The molecule has 0 aliphatic carbocycles. The van der Waals surface area contributed by atoms with E-state index in [-0.39, 0.29) is 12.5 Å². The maximum atomic E-state index is 11.7. The Morgan fingerprint density at radius 2 is 1.48 bits per heavy atom. The van der Waals surface area contributed by atoms with Gasteiger partial charge in [-0.15, -0.1) is 0 Å². The molecule has 0 radical (unpaired) electrons. The van der Waals surface area contributed by atoms with E-state index in [1.165, 1.54) is 12.3 Å². The third kappa shape index (κ3) is 7.03. The smallest absolute Gasteiger partial charge is 0.259 e. The zero-order valence-electron chi connectivity index (χ0n) is 15.1. The fourth-order valence-corrected chi connectivity index (χ4v) is 2.02. The van der Waals surface area contributed by atoms with Crippen LogP contribution < -0.4 is 20.2 Å². The third-order valence-corrected chi connectivity index (χ3v) is 3.48. The van der Waals surface area contributed by atoms with Gasteiger partial charge < -0.3 is 14.8 Å². The number of rotatable bonds is 8. The Kier molecular flexibility index (Phi) is 7.59. The standard InChI is InChI=1S/C20H21N3O4/c1-26-17-8-3-15(4-9-17)7-12-19(24)21-14-20(25)23-22-13-16-5-10-18(27-2)11-6-16/h3-13H,14H2,1-2H3,(H,21,24)(H,23,25). The monoisotopic (exact) mass is 367 g/mol. The molecule has 0 fully saturated rings. The molecule has 0 spiro atoms. The number of methoxy groups -OCH3 is 2. The van der Waals surface area contributed by atoms with E-state index in [1.807, 2.05) is 12.1 Å².